The van der Waals surface area contributed by atoms with E-state index in [0.717, 1.165) is 38.9 Å². The Bertz CT molecular complexity index is 246. The van der Waals surface area contributed by atoms with Crippen molar-refractivity contribution in [1.82, 2.24) is 4.90 Å². The first-order valence-electron chi connectivity index (χ1n) is 6.51. The molecule has 1 heterocycles. The standard InChI is InChI=1S/C13H26N2O2/c1-13(2,17-3)10-12(16)15-8-5-11(4-7-14)6-9-15/h11H,4-10,14H2,1-3H3. The Morgan fingerprint density at radius 3 is 2.47 bits per heavy atom. The average Bonchev–Trinajstić information content (AvgIpc) is 2.30. The SMILES string of the molecule is COC(C)(C)CC(=O)N1CCC(CCN)CC1. The summed E-state index contributed by atoms with van der Waals surface area (Å²) in [5.41, 5.74) is 5.20. The lowest BCUT2D eigenvalue weighted by Crippen LogP contribution is -2.42. The first-order valence-corrected chi connectivity index (χ1v) is 6.51. The van der Waals surface area contributed by atoms with Gasteiger partial charge in [-0.1, -0.05) is 0 Å². The van der Waals surface area contributed by atoms with Crippen molar-refractivity contribution in [2.75, 3.05) is 26.7 Å². The van der Waals surface area contributed by atoms with Gasteiger partial charge in [-0.15, -0.1) is 0 Å². The van der Waals surface area contributed by atoms with E-state index in [1.54, 1.807) is 7.11 Å². The van der Waals surface area contributed by atoms with Crippen LogP contribution in [0.3, 0.4) is 0 Å². The first kappa shape index (κ1) is 14.5. The molecule has 0 aromatic carbocycles. The molecule has 1 aliphatic heterocycles. The summed E-state index contributed by atoms with van der Waals surface area (Å²) in [5.74, 6) is 0.919. The van der Waals surface area contributed by atoms with Crippen LogP contribution in [0.1, 0.15) is 39.5 Å². The van der Waals surface area contributed by atoms with Gasteiger partial charge in [0.05, 0.1) is 12.0 Å². The van der Waals surface area contributed by atoms with E-state index in [-0.39, 0.29) is 11.5 Å². The van der Waals surface area contributed by atoms with E-state index in [9.17, 15) is 4.79 Å². The van der Waals surface area contributed by atoms with Gasteiger partial charge < -0.3 is 15.4 Å². The van der Waals surface area contributed by atoms with Crippen molar-refractivity contribution < 1.29 is 9.53 Å². The van der Waals surface area contributed by atoms with E-state index in [4.69, 9.17) is 10.5 Å². The van der Waals surface area contributed by atoms with Crippen LogP contribution in [0.5, 0.6) is 0 Å². The fraction of sp³-hybridized carbons (Fsp3) is 0.923. The molecule has 0 aromatic rings. The Morgan fingerprint density at radius 2 is 2.00 bits per heavy atom. The van der Waals surface area contributed by atoms with Gasteiger partial charge in [0, 0.05) is 20.2 Å². The van der Waals surface area contributed by atoms with E-state index < -0.39 is 0 Å². The zero-order chi connectivity index (χ0) is 12.9. The van der Waals surface area contributed by atoms with Gasteiger partial charge in [0.1, 0.15) is 0 Å². The summed E-state index contributed by atoms with van der Waals surface area (Å²) in [4.78, 5) is 14.0. The molecule has 0 aliphatic carbocycles. The second-order valence-electron chi connectivity index (χ2n) is 5.54. The molecule has 0 unspecified atom stereocenters. The number of carbonyl (C=O) groups is 1. The molecular formula is C13H26N2O2. The molecule has 0 atom stereocenters. The topological polar surface area (TPSA) is 55.6 Å². The van der Waals surface area contributed by atoms with E-state index >= 15 is 0 Å². The lowest BCUT2D eigenvalue weighted by Gasteiger charge is -2.34. The highest BCUT2D eigenvalue weighted by atomic mass is 16.5. The summed E-state index contributed by atoms with van der Waals surface area (Å²) in [5, 5.41) is 0. The van der Waals surface area contributed by atoms with Crippen LogP contribution in [0, 0.1) is 5.92 Å². The van der Waals surface area contributed by atoms with Crippen LogP contribution in [0.4, 0.5) is 0 Å². The van der Waals surface area contributed by atoms with Crippen LogP contribution >= 0.6 is 0 Å². The van der Waals surface area contributed by atoms with Gasteiger partial charge in [-0.3, -0.25) is 4.79 Å². The predicted molar refractivity (Wildman–Crippen MR) is 68.7 cm³/mol. The van der Waals surface area contributed by atoms with Gasteiger partial charge in [-0.2, -0.15) is 0 Å². The van der Waals surface area contributed by atoms with Crippen molar-refractivity contribution >= 4 is 5.91 Å². The Morgan fingerprint density at radius 1 is 1.41 bits per heavy atom. The Hall–Kier alpha value is -0.610. The van der Waals surface area contributed by atoms with Gasteiger partial charge in [0.25, 0.3) is 0 Å². The number of nitrogens with zero attached hydrogens (tertiary/aromatic N) is 1. The van der Waals surface area contributed by atoms with Crippen molar-refractivity contribution in [2.45, 2.75) is 45.1 Å². The van der Waals surface area contributed by atoms with Crippen LogP contribution in [-0.4, -0.2) is 43.2 Å². The number of hydrogen-bond donors (Lipinski definition) is 1. The normalized spacial score (nSPS) is 18.5. The van der Waals surface area contributed by atoms with Crippen molar-refractivity contribution in [1.29, 1.82) is 0 Å². The molecule has 1 saturated heterocycles. The van der Waals surface area contributed by atoms with Crippen molar-refractivity contribution in [2.24, 2.45) is 11.7 Å². The zero-order valence-corrected chi connectivity index (χ0v) is 11.4. The summed E-state index contributed by atoms with van der Waals surface area (Å²) in [6, 6.07) is 0. The van der Waals surface area contributed by atoms with E-state index in [1.807, 2.05) is 18.7 Å². The number of hydrogen-bond acceptors (Lipinski definition) is 3. The number of carbonyl (C=O) groups excluding carboxylic acids is 1. The predicted octanol–water partition coefficient (Wildman–Crippen LogP) is 1.39. The molecule has 2 N–H and O–H groups in total. The number of methoxy groups -OCH3 is 1. The fourth-order valence-corrected chi connectivity index (χ4v) is 2.25. The minimum absolute atomic E-state index is 0.211. The van der Waals surface area contributed by atoms with Crippen LogP contribution in [0.25, 0.3) is 0 Å². The molecule has 1 amide bonds. The van der Waals surface area contributed by atoms with E-state index in [0.29, 0.717) is 12.3 Å². The number of nitrogens with two attached hydrogens (primary N) is 1. The highest BCUT2D eigenvalue weighted by Gasteiger charge is 2.27. The monoisotopic (exact) mass is 242 g/mol. The number of rotatable bonds is 5. The summed E-state index contributed by atoms with van der Waals surface area (Å²) in [6.45, 7) is 6.42. The third-order valence-electron chi connectivity index (χ3n) is 3.67. The Balaban J connectivity index is 2.36. The quantitative estimate of drug-likeness (QED) is 0.792. The second kappa shape index (κ2) is 6.36. The molecule has 100 valence electrons. The van der Waals surface area contributed by atoms with Gasteiger partial charge in [0.15, 0.2) is 0 Å². The Kier molecular flexibility index (Phi) is 5.40. The lowest BCUT2D eigenvalue weighted by atomic mass is 9.93. The summed E-state index contributed by atoms with van der Waals surface area (Å²) in [6.07, 6.45) is 3.74. The average molecular weight is 242 g/mol. The molecule has 0 radical (unpaired) electrons. The lowest BCUT2D eigenvalue weighted by molar-refractivity contribution is -0.137. The molecule has 1 rings (SSSR count). The number of ether oxygens (including phenoxy) is 1. The molecular weight excluding hydrogens is 216 g/mol. The zero-order valence-electron chi connectivity index (χ0n) is 11.4. The fourth-order valence-electron chi connectivity index (χ4n) is 2.25. The largest absolute Gasteiger partial charge is 0.378 e. The molecule has 0 saturated carbocycles. The van der Waals surface area contributed by atoms with E-state index in [2.05, 4.69) is 0 Å². The van der Waals surface area contributed by atoms with Crippen LogP contribution in [-0.2, 0) is 9.53 Å². The maximum absolute atomic E-state index is 12.1. The molecule has 1 aliphatic rings. The number of piperidine rings is 1. The van der Waals surface area contributed by atoms with Crippen molar-refractivity contribution in [3.8, 4) is 0 Å². The van der Waals surface area contributed by atoms with Gasteiger partial charge in [-0.05, 0) is 45.6 Å². The summed E-state index contributed by atoms with van der Waals surface area (Å²) >= 11 is 0. The summed E-state index contributed by atoms with van der Waals surface area (Å²) < 4.78 is 5.29. The van der Waals surface area contributed by atoms with Crippen LogP contribution in [0.2, 0.25) is 0 Å². The third kappa shape index (κ3) is 4.64. The smallest absolute Gasteiger partial charge is 0.225 e. The van der Waals surface area contributed by atoms with Gasteiger partial charge in [-0.25, -0.2) is 0 Å². The molecule has 0 spiro atoms. The van der Waals surface area contributed by atoms with Crippen LogP contribution < -0.4 is 5.73 Å². The number of likely N-dealkylation sites (tertiary alicyclic amines) is 1. The molecule has 4 heteroatoms. The first-order chi connectivity index (χ1) is 7.98. The van der Waals surface area contributed by atoms with Crippen molar-refractivity contribution in [3.05, 3.63) is 0 Å². The third-order valence-corrected chi connectivity index (χ3v) is 3.67. The van der Waals surface area contributed by atoms with Crippen molar-refractivity contribution in [3.63, 3.8) is 0 Å². The molecule has 17 heavy (non-hydrogen) atoms. The summed E-state index contributed by atoms with van der Waals surface area (Å²) in [7, 11) is 1.65. The minimum atomic E-state index is -0.356. The maximum atomic E-state index is 12.1. The highest BCUT2D eigenvalue weighted by Crippen LogP contribution is 2.22. The maximum Gasteiger partial charge on any atom is 0.225 e. The highest BCUT2D eigenvalue weighted by molar-refractivity contribution is 5.77. The second-order valence-corrected chi connectivity index (χ2v) is 5.54. The van der Waals surface area contributed by atoms with Gasteiger partial charge >= 0.3 is 0 Å². The van der Waals surface area contributed by atoms with E-state index in [1.165, 1.54) is 0 Å². The molecule has 1 fully saturated rings. The minimum Gasteiger partial charge on any atom is -0.378 e. The Labute approximate surface area is 104 Å². The molecule has 4 nitrogen and oxygen atoms in total. The van der Waals surface area contributed by atoms with Gasteiger partial charge in [0.2, 0.25) is 5.91 Å². The van der Waals surface area contributed by atoms with Crippen LogP contribution in [0.15, 0.2) is 0 Å². The molecule has 0 aromatic heterocycles. The molecule has 0 bridgehead atoms. The number of amides is 1.